The normalized spacial score (nSPS) is 23.9. The molecule has 0 aliphatic heterocycles. The summed E-state index contributed by atoms with van der Waals surface area (Å²) in [5.41, 5.74) is 0. The first-order valence-electron chi connectivity index (χ1n) is 5.36. The highest BCUT2D eigenvalue weighted by molar-refractivity contribution is 5.69. The Bertz CT molecular complexity index is 354. The fourth-order valence-corrected chi connectivity index (χ4v) is 1.77. The molecule has 1 aliphatic rings. The molecule has 1 aliphatic carbocycles. The molecule has 0 saturated heterocycles. The molecule has 1 heterocycles. The number of hydrogen-bond donors (Lipinski definition) is 0. The lowest BCUT2D eigenvalue weighted by Gasteiger charge is -1.96. The van der Waals surface area contributed by atoms with Crippen LogP contribution in [-0.4, -0.2) is 13.1 Å². The molecule has 3 heteroatoms. The molecule has 0 radical (unpaired) electrons. The number of ether oxygens (including phenoxy) is 1. The molecule has 1 fully saturated rings. The summed E-state index contributed by atoms with van der Waals surface area (Å²) >= 11 is 0. The first-order chi connectivity index (χ1) is 7.20. The number of methoxy groups -OCH3 is 1. The van der Waals surface area contributed by atoms with Crippen molar-refractivity contribution in [3.8, 4) is 0 Å². The van der Waals surface area contributed by atoms with E-state index in [0.29, 0.717) is 18.8 Å². The summed E-state index contributed by atoms with van der Waals surface area (Å²) in [6.07, 6.45) is 2.25. The van der Waals surface area contributed by atoms with E-state index in [1.807, 2.05) is 12.1 Å². The molecule has 0 N–H and O–H groups in total. The Morgan fingerprint density at radius 2 is 2.33 bits per heavy atom. The van der Waals surface area contributed by atoms with Gasteiger partial charge in [-0.25, -0.2) is 0 Å². The number of esters is 1. The van der Waals surface area contributed by atoms with E-state index >= 15 is 0 Å². The minimum absolute atomic E-state index is 0.187. The first-order valence-corrected chi connectivity index (χ1v) is 5.36. The molecule has 0 spiro atoms. The number of carbonyl (C=O) groups excluding carboxylic acids is 1. The largest absolute Gasteiger partial charge is 0.469 e. The van der Waals surface area contributed by atoms with Gasteiger partial charge in [-0.3, -0.25) is 4.79 Å². The number of hydrogen-bond acceptors (Lipinski definition) is 3. The molecular weight excluding hydrogens is 192 g/mol. The summed E-state index contributed by atoms with van der Waals surface area (Å²) in [6.45, 7) is 2.22. The van der Waals surface area contributed by atoms with Crippen molar-refractivity contribution in [1.29, 1.82) is 0 Å². The molecule has 0 aromatic carbocycles. The Kier molecular flexibility index (Phi) is 2.80. The number of furan rings is 1. The van der Waals surface area contributed by atoms with E-state index in [9.17, 15) is 4.79 Å². The van der Waals surface area contributed by atoms with E-state index in [2.05, 4.69) is 11.7 Å². The van der Waals surface area contributed by atoms with Crippen LogP contribution in [0.15, 0.2) is 16.5 Å². The first kappa shape index (κ1) is 10.3. The topological polar surface area (TPSA) is 39.4 Å². The summed E-state index contributed by atoms with van der Waals surface area (Å²) in [5, 5.41) is 0. The van der Waals surface area contributed by atoms with Gasteiger partial charge in [-0.15, -0.1) is 0 Å². The van der Waals surface area contributed by atoms with Crippen molar-refractivity contribution in [2.24, 2.45) is 5.92 Å². The lowest BCUT2D eigenvalue weighted by atomic mass is 10.2. The summed E-state index contributed by atoms with van der Waals surface area (Å²) in [4.78, 5) is 10.9. The van der Waals surface area contributed by atoms with E-state index in [0.717, 1.165) is 17.4 Å². The molecule has 0 bridgehead atoms. The molecule has 1 aromatic rings. The maximum absolute atomic E-state index is 10.9. The van der Waals surface area contributed by atoms with Gasteiger partial charge in [0, 0.05) is 12.3 Å². The van der Waals surface area contributed by atoms with Gasteiger partial charge in [0.15, 0.2) is 0 Å². The minimum atomic E-state index is -0.187. The van der Waals surface area contributed by atoms with Gasteiger partial charge >= 0.3 is 5.97 Å². The smallest absolute Gasteiger partial charge is 0.305 e. The van der Waals surface area contributed by atoms with Gasteiger partial charge in [0.25, 0.3) is 0 Å². The Balaban J connectivity index is 1.87. The lowest BCUT2D eigenvalue weighted by molar-refractivity contribution is -0.140. The Morgan fingerprint density at radius 3 is 2.93 bits per heavy atom. The van der Waals surface area contributed by atoms with Crippen molar-refractivity contribution >= 4 is 5.97 Å². The standard InChI is InChI=1S/C12H16O3/c1-8-7-10(8)11-5-3-9(15-11)4-6-12(13)14-2/h3,5,8,10H,4,6-7H2,1-2H3. The number of rotatable bonds is 4. The highest BCUT2D eigenvalue weighted by atomic mass is 16.5. The van der Waals surface area contributed by atoms with Gasteiger partial charge in [-0.05, 0) is 24.5 Å². The van der Waals surface area contributed by atoms with Crippen molar-refractivity contribution in [1.82, 2.24) is 0 Å². The predicted molar refractivity (Wildman–Crippen MR) is 55.6 cm³/mol. The van der Waals surface area contributed by atoms with Crippen LogP contribution in [0.25, 0.3) is 0 Å². The van der Waals surface area contributed by atoms with E-state index in [1.54, 1.807) is 0 Å². The Labute approximate surface area is 89.4 Å². The van der Waals surface area contributed by atoms with Gasteiger partial charge in [-0.1, -0.05) is 6.92 Å². The van der Waals surface area contributed by atoms with Crippen molar-refractivity contribution < 1.29 is 13.9 Å². The maximum Gasteiger partial charge on any atom is 0.305 e. The summed E-state index contributed by atoms with van der Waals surface area (Å²) in [5.74, 6) is 3.13. The maximum atomic E-state index is 10.9. The Morgan fingerprint density at radius 1 is 1.60 bits per heavy atom. The van der Waals surface area contributed by atoms with Crippen LogP contribution in [0.2, 0.25) is 0 Å². The van der Waals surface area contributed by atoms with Crippen LogP contribution in [0.5, 0.6) is 0 Å². The second kappa shape index (κ2) is 4.09. The number of carbonyl (C=O) groups is 1. The monoisotopic (exact) mass is 208 g/mol. The van der Waals surface area contributed by atoms with Crippen molar-refractivity contribution in [3.63, 3.8) is 0 Å². The quantitative estimate of drug-likeness (QED) is 0.714. The zero-order valence-electron chi connectivity index (χ0n) is 9.16. The third kappa shape index (κ3) is 2.41. The minimum Gasteiger partial charge on any atom is -0.469 e. The molecular formula is C12H16O3. The highest BCUT2D eigenvalue weighted by Crippen LogP contribution is 2.47. The van der Waals surface area contributed by atoms with Crippen LogP contribution in [0.4, 0.5) is 0 Å². The summed E-state index contributed by atoms with van der Waals surface area (Å²) < 4.78 is 10.2. The molecule has 1 saturated carbocycles. The molecule has 0 amide bonds. The summed E-state index contributed by atoms with van der Waals surface area (Å²) in [6, 6.07) is 3.99. The van der Waals surface area contributed by atoms with Gasteiger partial charge in [0.05, 0.1) is 13.5 Å². The van der Waals surface area contributed by atoms with Crippen LogP contribution in [-0.2, 0) is 16.0 Å². The fourth-order valence-electron chi connectivity index (χ4n) is 1.77. The lowest BCUT2D eigenvalue weighted by Crippen LogP contribution is -2.01. The number of aryl methyl sites for hydroxylation is 1. The van der Waals surface area contributed by atoms with E-state index < -0.39 is 0 Å². The van der Waals surface area contributed by atoms with E-state index in [-0.39, 0.29) is 5.97 Å². The second-order valence-electron chi connectivity index (χ2n) is 4.20. The van der Waals surface area contributed by atoms with Crippen molar-refractivity contribution in [2.45, 2.75) is 32.1 Å². The average Bonchev–Trinajstić information content (AvgIpc) is 2.80. The molecule has 2 unspecified atom stereocenters. The zero-order valence-corrected chi connectivity index (χ0v) is 9.16. The van der Waals surface area contributed by atoms with Crippen LogP contribution in [0.1, 0.15) is 37.2 Å². The Hall–Kier alpha value is -1.25. The molecule has 82 valence electrons. The summed E-state index contributed by atoms with van der Waals surface area (Å²) in [7, 11) is 1.40. The van der Waals surface area contributed by atoms with Crippen molar-refractivity contribution in [2.75, 3.05) is 7.11 Å². The molecule has 15 heavy (non-hydrogen) atoms. The van der Waals surface area contributed by atoms with Gasteiger partial charge in [-0.2, -0.15) is 0 Å². The van der Waals surface area contributed by atoms with E-state index in [4.69, 9.17) is 4.42 Å². The SMILES string of the molecule is COC(=O)CCc1ccc(C2CC2C)o1. The third-order valence-corrected chi connectivity index (χ3v) is 2.96. The predicted octanol–water partition coefficient (Wildman–Crippen LogP) is 2.51. The highest BCUT2D eigenvalue weighted by Gasteiger charge is 2.36. The zero-order chi connectivity index (χ0) is 10.8. The molecule has 2 rings (SSSR count). The van der Waals surface area contributed by atoms with Gasteiger partial charge < -0.3 is 9.15 Å². The van der Waals surface area contributed by atoms with Gasteiger partial charge in [0.1, 0.15) is 11.5 Å². The van der Waals surface area contributed by atoms with Crippen LogP contribution >= 0.6 is 0 Å². The molecule has 3 nitrogen and oxygen atoms in total. The fraction of sp³-hybridized carbons (Fsp3) is 0.583. The average molecular weight is 208 g/mol. The van der Waals surface area contributed by atoms with Crippen LogP contribution in [0, 0.1) is 5.92 Å². The van der Waals surface area contributed by atoms with E-state index in [1.165, 1.54) is 13.5 Å². The molecule has 2 atom stereocenters. The molecule has 1 aromatic heterocycles. The van der Waals surface area contributed by atoms with Crippen LogP contribution < -0.4 is 0 Å². The van der Waals surface area contributed by atoms with Crippen molar-refractivity contribution in [3.05, 3.63) is 23.7 Å². The second-order valence-corrected chi connectivity index (χ2v) is 4.20. The third-order valence-electron chi connectivity index (χ3n) is 2.96. The van der Waals surface area contributed by atoms with Gasteiger partial charge in [0.2, 0.25) is 0 Å². The van der Waals surface area contributed by atoms with Crippen LogP contribution in [0.3, 0.4) is 0 Å².